The number of non-ortho nitro benzene ring substituents is 1. The Labute approximate surface area is 141 Å². The molecule has 0 fully saturated rings. The van der Waals surface area contributed by atoms with E-state index in [9.17, 15) is 18.5 Å². The van der Waals surface area contributed by atoms with Crippen LogP contribution < -0.4 is 0 Å². The highest BCUT2D eigenvalue weighted by molar-refractivity contribution is 7.90. The van der Waals surface area contributed by atoms with Crippen LogP contribution in [0.25, 0.3) is 0 Å². The lowest BCUT2D eigenvalue weighted by atomic mass is 10.2. The largest absolute Gasteiger partial charge is 0.319 e. The number of aryl methyl sites for hydroxylation is 1. The van der Waals surface area contributed by atoms with Crippen LogP contribution in [0, 0.1) is 24.0 Å². The van der Waals surface area contributed by atoms with Crippen LogP contribution in [0.1, 0.15) is 36.7 Å². The lowest BCUT2D eigenvalue weighted by molar-refractivity contribution is -0.384. The first-order valence-corrected chi connectivity index (χ1v) is 9.41. The molecule has 24 heavy (non-hydrogen) atoms. The lowest BCUT2D eigenvalue weighted by Crippen LogP contribution is -2.14. The van der Waals surface area contributed by atoms with Crippen molar-refractivity contribution in [2.45, 2.75) is 51.1 Å². The Hall–Kier alpha value is -2.22. The van der Waals surface area contributed by atoms with E-state index in [4.69, 9.17) is 0 Å². The summed E-state index contributed by atoms with van der Waals surface area (Å²) in [5.74, 6) is -0.229. The molecule has 0 spiro atoms. The molecule has 0 amide bonds. The zero-order chi connectivity index (χ0) is 17.9. The fourth-order valence-electron chi connectivity index (χ4n) is 2.44. The maximum atomic E-state index is 12.8. The summed E-state index contributed by atoms with van der Waals surface area (Å²) in [4.78, 5) is 14.4. The highest BCUT2D eigenvalue weighted by Crippen LogP contribution is 2.21. The number of imidazole rings is 1. The number of hydrogen-bond donors (Lipinski definition) is 0. The van der Waals surface area contributed by atoms with Crippen molar-refractivity contribution in [2.24, 2.45) is 0 Å². The van der Waals surface area contributed by atoms with Gasteiger partial charge in [-0.05, 0) is 25.8 Å². The molecule has 0 bridgehead atoms. The first-order chi connectivity index (χ1) is 11.3. The maximum Gasteiger partial charge on any atom is 0.269 e. The van der Waals surface area contributed by atoms with Gasteiger partial charge in [0.05, 0.1) is 16.4 Å². The molecule has 130 valence electrons. The van der Waals surface area contributed by atoms with Gasteiger partial charge in [0.15, 0.2) is 0 Å². The fraction of sp³-hybridized carbons (Fsp3) is 0.438. The van der Waals surface area contributed by atoms with E-state index >= 15 is 0 Å². The molecule has 8 heteroatoms. The third-order valence-corrected chi connectivity index (χ3v) is 5.52. The van der Waals surface area contributed by atoms with Gasteiger partial charge in [-0.25, -0.2) is 13.4 Å². The third-order valence-electron chi connectivity index (χ3n) is 3.94. The van der Waals surface area contributed by atoms with Gasteiger partial charge in [0.25, 0.3) is 5.69 Å². The van der Waals surface area contributed by atoms with Crippen LogP contribution in [0.3, 0.4) is 0 Å². The minimum absolute atomic E-state index is 0.0627. The molecule has 2 rings (SSSR count). The van der Waals surface area contributed by atoms with Crippen molar-refractivity contribution >= 4 is 15.5 Å². The van der Waals surface area contributed by atoms with E-state index in [1.807, 2.05) is 13.8 Å². The van der Waals surface area contributed by atoms with Gasteiger partial charge in [0, 0.05) is 24.4 Å². The van der Waals surface area contributed by atoms with Crippen molar-refractivity contribution in [3.63, 3.8) is 0 Å². The molecule has 0 radical (unpaired) electrons. The first-order valence-electron chi connectivity index (χ1n) is 7.76. The van der Waals surface area contributed by atoms with Crippen molar-refractivity contribution in [1.29, 1.82) is 0 Å². The van der Waals surface area contributed by atoms with E-state index in [-0.39, 0.29) is 16.6 Å². The van der Waals surface area contributed by atoms with Crippen molar-refractivity contribution in [3.05, 3.63) is 51.3 Å². The molecule has 1 aromatic carbocycles. The molecule has 7 nitrogen and oxygen atoms in total. The van der Waals surface area contributed by atoms with Crippen LogP contribution >= 0.6 is 0 Å². The number of rotatable bonds is 7. The average molecular weight is 351 g/mol. The summed E-state index contributed by atoms with van der Waals surface area (Å²) in [6.45, 7) is 6.31. The molecule has 0 N–H and O–H groups in total. The van der Waals surface area contributed by atoms with Crippen LogP contribution in [0.4, 0.5) is 5.69 Å². The summed E-state index contributed by atoms with van der Waals surface area (Å²) in [6, 6.07) is 5.55. The van der Waals surface area contributed by atoms with Gasteiger partial charge in [0.1, 0.15) is 0 Å². The van der Waals surface area contributed by atoms with E-state index in [1.54, 1.807) is 11.5 Å². The molecule has 0 aliphatic rings. The number of sulfone groups is 1. The molecule has 0 aliphatic carbocycles. The lowest BCUT2D eigenvalue weighted by Gasteiger charge is -2.10. The summed E-state index contributed by atoms with van der Waals surface area (Å²) >= 11 is 0. The second-order valence-electron chi connectivity index (χ2n) is 5.75. The van der Waals surface area contributed by atoms with Gasteiger partial charge in [-0.15, -0.1) is 0 Å². The number of nitro groups is 1. The van der Waals surface area contributed by atoms with E-state index < -0.39 is 14.8 Å². The first kappa shape index (κ1) is 18.1. The summed E-state index contributed by atoms with van der Waals surface area (Å²) in [7, 11) is -3.63. The smallest absolute Gasteiger partial charge is 0.269 e. The number of benzene rings is 1. The zero-order valence-electron chi connectivity index (χ0n) is 14.0. The normalized spacial score (nSPS) is 11.6. The molecule has 0 saturated carbocycles. The summed E-state index contributed by atoms with van der Waals surface area (Å²) < 4.78 is 27.3. The quantitative estimate of drug-likeness (QED) is 0.564. The Morgan fingerprint density at radius 2 is 1.83 bits per heavy atom. The number of hydrogen-bond acceptors (Lipinski definition) is 5. The van der Waals surface area contributed by atoms with E-state index in [0.29, 0.717) is 17.8 Å². The summed E-state index contributed by atoms with van der Waals surface area (Å²) in [5, 5.41) is 10.8. The highest BCUT2D eigenvalue weighted by Gasteiger charge is 2.24. The molecule has 0 aliphatic heterocycles. The SMILES string of the molecule is CCCCn1c(S(=O)(=O)Cc2ccc([N+](=O)[O-])cc2)nc(C)c1C. The second-order valence-corrected chi connectivity index (χ2v) is 7.64. The topological polar surface area (TPSA) is 95.1 Å². The molecule has 0 saturated heterocycles. The van der Waals surface area contributed by atoms with Gasteiger partial charge in [-0.3, -0.25) is 10.1 Å². The monoisotopic (exact) mass is 351 g/mol. The minimum atomic E-state index is -3.63. The predicted octanol–water partition coefficient (Wildman–Crippen LogP) is 3.18. The number of aromatic nitrogens is 2. The Morgan fingerprint density at radius 3 is 2.38 bits per heavy atom. The van der Waals surface area contributed by atoms with Crippen LogP contribution in [0.15, 0.2) is 29.4 Å². The van der Waals surface area contributed by atoms with Crippen LogP contribution in [0.5, 0.6) is 0 Å². The molecular formula is C16H21N3O4S. The second kappa shape index (κ2) is 7.12. The van der Waals surface area contributed by atoms with Crippen LogP contribution in [-0.2, 0) is 22.1 Å². The summed E-state index contributed by atoms with van der Waals surface area (Å²) in [5.41, 5.74) is 1.99. The Kier molecular flexibility index (Phi) is 5.38. The molecule has 1 aromatic heterocycles. The standard InChI is InChI=1S/C16H21N3O4S/c1-4-5-10-18-13(3)12(2)17-16(18)24(22,23)11-14-6-8-15(9-7-14)19(20)21/h6-9H,4-5,10-11H2,1-3H3. The van der Waals surface area contributed by atoms with E-state index in [1.165, 1.54) is 24.3 Å². The number of nitrogens with zero attached hydrogens (tertiary/aromatic N) is 3. The molecule has 0 unspecified atom stereocenters. The molecule has 2 aromatic rings. The van der Waals surface area contributed by atoms with Gasteiger partial charge in [-0.1, -0.05) is 25.5 Å². The van der Waals surface area contributed by atoms with Crippen LogP contribution in [-0.4, -0.2) is 22.9 Å². The van der Waals surface area contributed by atoms with Crippen molar-refractivity contribution in [3.8, 4) is 0 Å². The van der Waals surface area contributed by atoms with E-state index in [0.717, 1.165) is 18.5 Å². The van der Waals surface area contributed by atoms with Crippen LogP contribution in [0.2, 0.25) is 0 Å². The minimum Gasteiger partial charge on any atom is -0.319 e. The Balaban J connectivity index is 2.33. The Bertz CT molecular complexity index is 839. The highest BCUT2D eigenvalue weighted by atomic mass is 32.2. The number of nitro benzene ring substituents is 1. The zero-order valence-corrected chi connectivity index (χ0v) is 14.8. The van der Waals surface area contributed by atoms with Gasteiger partial charge < -0.3 is 4.57 Å². The molecular weight excluding hydrogens is 330 g/mol. The maximum absolute atomic E-state index is 12.8. The van der Waals surface area contributed by atoms with Gasteiger partial charge in [-0.2, -0.15) is 0 Å². The van der Waals surface area contributed by atoms with Gasteiger partial charge >= 0.3 is 0 Å². The van der Waals surface area contributed by atoms with Crippen molar-refractivity contribution in [1.82, 2.24) is 9.55 Å². The predicted molar refractivity (Wildman–Crippen MR) is 90.6 cm³/mol. The molecule has 1 heterocycles. The average Bonchev–Trinajstić information content (AvgIpc) is 2.81. The van der Waals surface area contributed by atoms with Gasteiger partial charge in [0.2, 0.25) is 15.0 Å². The molecule has 0 atom stereocenters. The number of unbranched alkanes of at least 4 members (excludes halogenated alkanes) is 1. The van der Waals surface area contributed by atoms with E-state index in [2.05, 4.69) is 4.98 Å². The summed E-state index contributed by atoms with van der Waals surface area (Å²) in [6.07, 6.45) is 1.83. The van der Waals surface area contributed by atoms with Crippen molar-refractivity contribution in [2.75, 3.05) is 0 Å². The fourth-order valence-corrected chi connectivity index (χ4v) is 4.04. The van der Waals surface area contributed by atoms with Crippen molar-refractivity contribution < 1.29 is 13.3 Å². The third kappa shape index (κ3) is 3.81. The Morgan fingerprint density at radius 1 is 1.21 bits per heavy atom.